The summed E-state index contributed by atoms with van der Waals surface area (Å²) in [6.45, 7) is 5.18. The minimum Gasteiger partial charge on any atom is -0.372 e. The number of halogens is 3. The monoisotopic (exact) mass is 448 g/mol. The second-order valence-corrected chi connectivity index (χ2v) is 9.25. The quantitative estimate of drug-likeness (QED) is 0.352. The number of alkyl halides is 3. The van der Waals surface area contributed by atoms with Crippen molar-refractivity contribution >= 4 is 5.71 Å². The predicted molar refractivity (Wildman–Crippen MR) is 120 cm³/mol. The van der Waals surface area contributed by atoms with Crippen LogP contribution in [0.5, 0.6) is 0 Å². The average Bonchev–Trinajstić information content (AvgIpc) is 3.28. The molecule has 2 heterocycles. The number of ether oxygens (including phenoxy) is 1. The summed E-state index contributed by atoms with van der Waals surface area (Å²) < 4.78 is 41.6. The van der Waals surface area contributed by atoms with Crippen molar-refractivity contribution in [3.05, 3.63) is 0 Å². The molecular weight excluding hydrogens is 405 g/mol. The number of unbranched alkanes of at least 4 members (excludes halogenated alkanes) is 3. The topological polar surface area (TPSA) is 40.1 Å². The molecule has 0 aromatic rings. The second kappa shape index (κ2) is 13.6. The van der Waals surface area contributed by atoms with Crippen molar-refractivity contribution in [3.63, 3.8) is 0 Å². The largest absolute Gasteiger partial charge is 0.411 e. The number of rotatable bonds is 16. The lowest BCUT2D eigenvalue weighted by atomic mass is 9.76. The Morgan fingerprint density at radius 2 is 1.97 bits per heavy atom. The molecule has 31 heavy (non-hydrogen) atoms. The Labute approximate surface area is 186 Å². The third kappa shape index (κ3) is 9.26. The molecule has 0 spiro atoms. The Morgan fingerprint density at radius 1 is 1.23 bits per heavy atom. The summed E-state index contributed by atoms with van der Waals surface area (Å²) in [5.74, 6) is 1.03. The molecule has 2 aliphatic rings. The van der Waals surface area contributed by atoms with Crippen LogP contribution < -0.4 is 5.32 Å². The van der Waals surface area contributed by atoms with Gasteiger partial charge in [-0.1, -0.05) is 32.6 Å². The Hall–Kier alpha value is -0.860. The molecule has 3 unspecified atom stereocenters. The first-order chi connectivity index (χ1) is 14.9. The standard InChI is InChI=1S/C23H43F3N4O/c1-4-5-6-10-19(11-7-8-16-31-18-23(24,25)26)22-20(17-29(3)15-13-27-2)28-30-14-9-12-21(22)30/h19,21-22,27H,4-18H2,1-3H3. The van der Waals surface area contributed by atoms with Crippen molar-refractivity contribution in [3.8, 4) is 0 Å². The van der Waals surface area contributed by atoms with E-state index in [1.165, 1.54) is 44.2 Å². The van der Waals surface area contributed by atoms with Gasteiger partial charge in [-0.15, -0.1) is 0 Å². The lowest BCUT2D eigenvalue weighted by molar-refractivity contribution is -0.174. The van der Waals surface area contributed by atoms with Crippen molar-refractivity contribution in [1.29, 1.82) is 0 Å². The van der Waals surface area contributed by atoms with E-state index < -0.39 is 12.8 Å². The van der Waals surface area contributed by atoms with E-state index >= 15 is 0 Å². The first-order valence-electron chi connectivity index (χ1n) is 12.2. The summed E-state index contributed by atoms with van der Waals surface area (Å²) in [4.78, 5) is 2.35. The van der Waals surface area contributed by atoms with Crippen LogP contribution in [0.1, 0.15) is 64.7 Å². The van der Waals surface area contributed by atoms with Crippen molar-refractivity contribution in [2.45, 2.75) is 76.9 Å². The molecule has 1 saturated heterocycles. The molecule has 0 aromatic carbocycles. The number of hydrogen-bond acceptors (Lipinski definition) is 5. The fourth-order valence-electron chi connectivity index (χ4n) is 5.06. The van der Waals surface area contributed by atoms with Crippen LogP contribution in [0.4, 0.5) is 13.2 Å². The third-order valence-electron chi connectivity index (χ3n) is 6.57. The first-order valence-corrected chi connectivity index (χ1v) is 12.2. The maximum atomic E-state index is 12.3. The van der Waals surface area contributed by atoms with Crippen molar-refractivity contribution < 1.29 is 17.9 Å². The molecule has 1 fully saturated rings. The van der Waals surface area contributed by atoms with Crippen LogP contribution in [0.25, 0.3) is 0 Å². The molecular formula is C23H43F3N4O. The van der Waals surface area contributed by atoms with Gasteiger partial charge >= 0.3 is 6.18 Å². The SMILES string of the molecule is CCCCCC(CCCCOCC(F)(F)F)C1C(CN(C)CCNC)=NN2CCCC12. The summed E-state index contributed by atoms with van der Waals surface area (Å²) >= 11 is 0. The van der Waals surface area contributed by atoms with E-state index in [4.69, 9.17) is 9.84 Å². The molecule has 0 aromatic heterocycles. The van der Waals surface area contributed by atoms with Gasteiger partial charge in [0, 0.05) is 38.7 Å². The molecule has 3 atom stereocenters. The number of likely N-dealkylation sites (N-methyl/N-ethyl adjacent to an activating group) is 2. The molecule has 0 aliphatic carbocycles. The molecule has 5 nitrogen and oxygen atoms in total. The molecule has 8 heteroatoms. The fourth-order valence-corrected chi connectivity index (χ4v) is 5.06. The predicted octanol–water partition coefficient (Wildman–Crippen LogP) is 4.53. The summed E-state index contributed by atoms with van der Waals surface area (Å²) in [6.07, 6.45) is 5.68. The van der Waals surface area contributed by atoms with Crippen LogP contribution >= 0.6 is 0 Å². The number of hydrogen-bond donors (Lipinski definition) is 1. The first kappa shape index (κ1) is 26.4. The van der Waals surface area contributed by atoms with Crippen LogP contribution in [0.15, 0.2) is 5.10 Å². The van der Waals surface area contributed by atoms with E-state index in [0.717, 1.165) is 39.0 Å². The number of fused-ring (bicyclic) bond motifs is 1. The van der Waals surface area contributed by atoms with Crippen LogP contribution in [-0.2, 0) is 4.74 Å². The third-order valence-corrected chi connectivity index (χ3v) is 6.57. The lowest BCUT2D eigenvalue weighted by Gasteiger charge is -2.31. The Balaban J connectivity index is 1.95. The molecule has 2 aliphatic heterocycles. The number of hydrazone groups is 1. The maximum absolute atomic E-state index is 12.3. The average molecular weight is 449 g/mol. The minimum atomic E-state index is -4.23. The highest BCUT2D eigenvalue weighted by atomic mass is 19.4. The highest BCUT2D eigenvalue weighted by Crippen LogP contribution is 2.39. The Bertz CT molecular complexity index is 529. The van der Waals surface area contributed by atoms with Gasteiger partial charge in [-0.05, 0) is 52.1 Å². The lowest BCUT2D eigenvalue weighted by Crippen LogP contribution is -2.39. The Morgan fingerprint density at radius 3 is 2.65 bits per heavy atom. The summed E-state index contributed by atoms with van der Waals surface area (Å²) in [5, 5.41) is 10.6. The second-order valence-electron chi connectivity index (χ2n) is 9.25. The van der Waals surface area contributed by atoms with Crippen molar-refractivity contribution in [2.75, 3.05) is 53.5 Å². The van der Waals surface area contributed by atoms with Gasteiger partial charge in [0.15, 0.2) is 0 Å². The van der Waals surface area contributed by atoms with E-state index in [2.05, 4.69) is 29.2 Å². The zero-order chi connectivity index (χ0) is 22.7. The van der Waals surface area contributed by atoms with E-state index in [-0.39, 0.29) is 6.61 Å². The van der Waals surface area contributed by atoms with Gasteiger partial charge in [-0.2, -0.15) is 18.3 Å². The van der Waals surface area contributed by atoms with Crippen molar-refractivity contribution in [2.24, 2.45) is 16.9 Å². The zero-order valence-electron chi connectivity index (χ0n) is 19.7. The van der Waals surface area contributed by atoms with E-state index in [1.54, 1.807) is 0 Å². The van der Waals surface area contributed by atoms with Gasteiger partial charge in [0.05, 0.1) is 11.8 Å². The highest BCUT2D eigenvalue weighted by Gasteiger charge is 2.43. The Kier molecular flexibility index (Phi) is 11.6. The number of nitrogens with zero attached hydrogens (tertiary/aromatic N) is 3. The molecule has 182 valence electrons. The van der Waals surface area contributed by atoms with Gasteiger partial charge < -0.3 is 10.1 Å². The zero-order valence-corrected chi connectivity index (χ0v) is 19.7. The highest BCUT2D eigenvalue weighted by molar-refractivity contribution is 5.90. The van der Waals surface area contributed by atoms with Gasteiger partial charge in [-0.3, -0.25) is 9.91 Å². The molecule has 2 rings (SSSR count). The smallest absolute Gasteiger partial charge is 0.372 e. The maximum Gasteiger partial charge on any atom is 0.411 e. The van der Waals surface area contributed by atoms with Gasteiger partial charge in [0.25, 0.3) is 0 Å². The van der Waals surface area contributed by atoms with Gasteiger partial charge in [0.2, 0.25) is 0 Å². The molecule has 0 saturated carbocycles. The summed E-state index contributed by atoms with van der Waals surface area (Å²) in [6, 6.07) is 0.515. The van der Waals surface area contributed by atoms with E-state index in [9.17, 15) is 13.2 Å². The van der Waals surface area contributed by atoms with E-state index in [1.807, 2.05) is 7.05 Å². The molecule has 1 N–H and O–H groups in total. The van der Waals surface area contributed by atoms with Crippen LogP contribution in [0.2, 0.25) is 0 Å². The molecule has 0 radical (unpaired) electrons. The van der Waals surface area contributed by atoms with Crippen LogP contribution in [0.3, 0.4) is 0 Å². The van der Waals surface area contributed by atoms with Crippen LogP contribution in [0, 0.1) is 11.8 Å². The normalized spacial score (nSPS) is 22.3. The van der Waals surface area contributed by atoms with Crippen molar-refractivity contribution in [1.82, 2.24) is 15.2 Å². The van der Waals surface area contributed by atoms with E-state index in [0.29, 0.717) is 24.3 Å². The van der Waals surface area contributed by atoms with Gasteiger partial charge in [-0.25, -0.2) is 0 Å². The summed E-state index contributed by atoms with van der Waals surface area (Å²) in [5.41, 5.74) is 1.32. The minimum absolute atomic E-state index is 0.190. The molecule has 0 bridgehead atoms. The van der Waals surface area contributed by atoms with Gasteiger partial charge in [0.1, 0.15) is 6.61 Å². The summed E-state index contributed by atoms with van der Waals surface area (Å²) in [7, 11) is 4.13. The fraction of sp³-hybridized carbons (Fsp3) is 0.957. The number of nitrogens with one attached hydrogen (secondary N) is 1. The molecule has 0 amide bonds. The van der Waals surface area contributed by atoms with Crippen LogP contribution in [-0.4, -0.2) is 81.3 Å².